The molecule has 1 rings (SSSR count). The van der Waals surface area contributed by atoms with E-state index in [4.69, 9.17) is 5.11 Å². The van der Waals surface area contributed by atoms with Gasteiger partial charge < -0.3 is 9.84 Å². The van der Waals surface area contributed by atoms with Gasteiger partial charge in [0.2, 0.25) is 5.88 Å². The van der Waals surface area contributed by atoms with Crippen LogP contribution in [0.15, 0.2) is 18.3 Å². The molecule has 1 aromatic heterocycles. The number of carboxylic acids is 1. The van der Waals surface area contributed by atoms with Gasteiger partial charge in [-0.25, -0.2) is 9.78 Å². The van der Waals surface area contributed by atoms with Crippen LogP contribution in [-0.4, -0.2) is 27.6 Å². The first-order valence-corrected chi connectivity index (χ1v) is 3.54. The van der Waals surface area contributed by atoms with Crippen LogP contribution in [0.2, 0.25) is 0 Å². The van der Waals surface area contributed by atoms with Crippen molar-refractivity contribution in [2.45, 2.75) is 0 Å². The van der Waals surface area contributed by atoms with Crippen molar-refractivity contribution in [3.05, 3.63) is 28.4 Å². The van der Waals surface area contributed by atoms with Crippen molar-refractivity contribution in [1.29, 1.82) is 0 Å². The fraction of sp³-hybridized carbons (Fsp3) is 0.143. The smallest absolute Gasteiger partial charge is 0.341 e. The van der Waals surface area contributed by atoms with E-state index < -0.39 is 17.5 Å². The minimum Gasteiger partial charge on any atom is -0.479 e. The van der Waals surface area contributed by atoms with E-state index in [0.717, 1.165) is 6.07 Å². The zero-order chi connectivity index (χ0) is 10.6. The molecule has 7 nitrogen and oxygen atoms in total. The first-order valence-electron chi connectivity index (χ1n) is 3.54. The molecule has 0 radical (unpaired) electrons. The van der Waals surface area contributed by atoms with Crippen LogP contribution in [0.5, 0.6) is 5.88 Å². The second-order valence-electron chi connectivity index (χ2n) is 2.29. The third kappa shape index (κ3) is 2.70. The summed E-state index contributed by atoms with van der Waals surface area (Å²) in [5.41, 5.74) is -0.194. The Balaban J connectivity index is 2.73. The molecule has 14 heavy (non-hydrogen) atoms. The molecule has 0 aliphatic carbocycles. The Kier molecular flexibility index (Phi) is 2.95. The Bertz CT molecular complexity index is 365. The number of ether oxygens (including phenoxy) is 1. The number of nitro groups is 1. The summed E-state index contributed by atoms with van der Waals surface area (Å²) < 4.78 is 4.64. The fourth-order valence-corrected chi connectivity index (χ4v) is 0.727. The summed E-state index contributed by atoms with van der Waals surface area (Å²) in [6, 6.07) is 2.25. The lowest BCUT2D eigenvalue weighted by Crippen LogP contribution is -2.10. The van der Waals surface area contributed by atoms with Gasteiger partial charge in [-0.15, -0.1) is 0 Å². The average molecular weight is 198 g/mol. The molecule has 0 amide bonds. The largest absolute Gasteiger partial charge is 0.479 e. The number of rotatable bonds is 4. The Labute approximate surface area is 78.1 Å². The summed E-state index contributed by atoms with van der Waals surface area (Å²) >= 11 is 0. The van der Waals surface area contributed by atoms with Gasteiger partial charge >= 0.3 is 5.97 Å². The Morgan fingerprint density at radius 3 is 3.00 bits per heavy atom. The molecule has 0 aromatic carbocycles. The van der Waals surface area contributed by atoms with E-state index in [0.29, 0.717) is 0 Å². The zero-order valence-corrected chi connectivity index (χ0v) is 6.91. The van der Waals surface area contributed by atoms with E-state index >= 15 is 0 Å². The number of pyridine rings is 1. The summed E-state index contributed by atoms with van der Waals surface area (Å²) in [5, 5.41) is 18.6. The van der Waals surface area contributed by atoms with Gasteiger partial charge in [0.05, 0.1) is 11.0 Å². The number of carbonyl (C=O) groups is 1. The van der Waals surface area contributed by atoms with Gasteiger partial charge in [0.15, 0.2) is 6.61 Å². The maximum Gasteiger partial charge on any atom is 0.341 e. The highest BCUT2D eigenvalue weighted by Gasteiger charge is 2.08. The number of hydrogen-bond acceptors (Lipinski definition) is 5. The molecule has 0 saturated carbocycles. The molecule has 1 heterocycles. The second-order valence-corrected chi connectivity index (χ2v) is 2.29. The molecule has 0 unspecified atom stereocenters. The van der Waals surface area contributed by atoms with Gasteiger partial charge in [0.1, 0.15) is 0 Å². The lowest BCUT2D eigenvalue weighted by Gasteiger charge is -2.00. The van der Waals surface area contributed by atoms with E-state index in [1.807, 2.05) is 0 Å². The number of hydrogen-bond donors (Lipinski definition) is 1. The van der Waals surface area contributed by atoms with Crippen molar-refractivity contribution < 1.29 is 19.6 Å². The van der Waals surface area contributed by atoms with E-state index in [1.165, 1.54) is 12.3 Å². The van der Waals surface area contributed by atoms with E-state index in [9.17, 15) is 14.9 Å². The number of aliphatic carboxylic acids is 1. The molecular formula is C7H6N2O5. The number of nitrogens with zero attached hydrogens (tertiary/aromatic N) is 2. The monoisotopic (exact) mass is 198 g/mol. The van der Waals surface area contributed by atoms with Crippen LogP contribution >= 0.6 is 0 Å². The van der Waals surface area contributed by atoms with Gasteiger partial charge in [-0.1, -0.05) is 0 Å². The maximum absolute atomic E-state index is 10.3. The summed E-state index contributed by atoms with van der Waals surface area (Å²) in [7, 11) is 0. The van der Waals surface area contributed by atoms with Gasteiger partial charge in [-0.05, 0) is 0 Å². The normalized spacial score (nSPS) is 9.43. The van der Waals surface area contributed by atoms with Crippen LogP contribution in [0, 0.1) is 10.1 Å². The van der Waals surface area contributed by atoms with Gasteiger partial charge in [-0.3, -0.25) is 10.1 Å². The molecule has 0 aliphatic heterocycles. The van der Waals surface area contributed by atoms with Crippen LogP contribution in [0.3, 0.4) is 0 Å². The summed E-state index contributed by atoms with van der Waals surface area (Å²) in [4.78, 5) is 23.4. The van der Waals surface area contributed by atoms with Crippen molar-refractivity contribution in [1.82, 2.24) is 4.98 Å². The molecule has 1 N–H and O–H groups in total. The first-order chi connectivity index (χ1) is 6.59. The molecule has 74 valence electrons. The van der Waals surface area contributed by atoms with Crippen molar-refractivity contribution in [3.63, 3.8) is 0 Å². The minimum atomic E-state index is -1.17. The van der Waals surface area contributed by atoms with E-state index in [1.54, 1.807) is 0 Å². The van der Waals surface area contributed by atoms with Crippen LogP contribution in [0.1, 0.15) is 0 Å². The molecule has 0 atom stereocenters. The highest BCUT2D eigenvalue weighted by molar-refractivity contribution is 5.68. The van der Waals surface area contributed by atoms with Crippen molar-refractivity contribution in [2.24, 2.45) is 0 Å². The van der Waals surface area contributed by atoms with Crippen LogP contribution in [0.4, 0.5) is 5.69 Å². The molecule has 0 bridgehead atoms. The second kappa shape index (κ2) is 4.17. The Morgan fingerprint density at radius 1 is 1.71 bits per heavy atom. The van der Waals surface area contributed by atoms with Crippen LogP contribution in [0.25, 0.3) is 0 Å². The van der Waals surface area contributed by atoms with Gasteiger partial charge in [0, 0.05) is 12.3 Å². The third-order valence-electron chi connectivity index (χ3n) is 1.27. The average Bonchev–Trinajstić information content (AvgIpc) is 2.15. The van der Waals surface area contributed by atoms with Gasteiger partial charge in [-0.2, -0.15) is 0 Å². The lowest BCUT2D eigenvalue weighted by molar-refractivity contribution is -0.385. The predicted octanol–water partition coefficient (Wildman–Crippen LogP) is 0.453. The Hall–Kier alpha value is -2.18. The molecule has 0 fully saturated rings. The topological polar surface area (TPSA) is 103 Å². The summed E-state index contributed by atoms with van der Waals surface area (Å²) in [5.74, 6) is -1.25. The van der Waals surface area contributed by atoms with Crippen LogP contribution < -0.4 is 4.74 Å². The quantitative estimate of drug-likeness (QED) is 0.556. The van der Waals surface area contributed by atoms with E-state index in [2.05, 4.69) is 9.72 Å². The number of aromatic nitrogens is 1. The predicted molar refractivity (Wildman–Crippen MR) is 44.0 cm³/mol. The highest BCUT2D eigenvalue weighted by Crippen LogP contribution is 2.15. The molecule has 0 spiro atoms. The summed E-state index contributed by atoms with van der Waals surface area (Å²) in [6.07, 6.45) is 1.18. The van der Waals surface area contributed by atoms with Gasteiger partial charge in [0.25, 0.3) is 5.69 Å². The zero-order valence-electron chi connectivity index (χ0n) is 6.91. The minimum absolute atomic E-state index is 0.0819. The molecule has 0 saturated heterocycles. The standard InChI is InChI=1S/C7H6N2O5/c10-7(11)4-14-6-3-5(9(12)13)1-2-8-6/h1-3H,4H2,(H,10,11). The third-order valence-corrected chi connectivity index (χ3v) is 1.27. The fourth-order valence-electron chi connectivity index (χ4n) is 0.727. The lowest BCUT2D eigenvalue weighted by atomic mass is 10.4. The number of carboxylic acid groups (broad SMARTS) is 1. The SMILES string of the molecule is O=C(O)COc1cc([N+](=O)[O-])ccn1. The van der Waals surface area contributed by atoms with Crippen molar-refractivity contribution >= 4 is 11.7 Å². The molecule has 0 aliphatic rings. The highest BCUT2D eigenvalue weighted by atomic mass is 16.6. The molecular weight excluding hydrogens is 192 g/mol. The van der Waals surface area contributed by atoms with Crippen molar-refractivity contribution in [3.8, 4) is 5.88 Å². The van der Waals surface area contributed by atoms with E-state index in [-0.39, 0.29) is 11.6 Å². The maximum atomic E-state index is 10.3. The van der Waals surface area contributed by atoms with Crippen molar-refractivity contribution in [2.75, 3.05) is 6.61 Å². The Morgan fingerprint density at radius 2 is 2.43 bits per heavy atom. The van der Waals surface area contributed by atoms with Crippen LogP contribution in [-0.2, 0) is 4.79 Å². The molecule has 7 heteroatoms. The first kappa shape index (κ1) is 9.90. The molecule has 1 aromatic rings. The summed E-state index contributed by atoms with van der Waals surface area (Å²) in [6.45, 7) is -0.575.